The topological polar surface area (TPSA) is 15.6 Å². The molecule has 2 heterocycles. The van der Waals surface area contributed by atoms with E-state index >= 15 is 0 Å². The minimum Gasteiger partial charge on any atom is -0.352 e. The predicted molar refractivity (Wildman–Crippen MR) is 32.7 cm³/mol. The maximum atomic E-state index is 4.14. The van der Waals surface area contributed by atoms with E-state index in [9.17, 15) is 0 Å². The van der Waals surface area contributed by atoms with Gasteiger partial charge in [-0.2, -0.15) is 0 Å². The van der Waals surface area contributed by atoms with Crippen LogP contribution in [0.3, 0.4) is 0 Å². The largest absolute Gasteiger partial charge is 0.352 e. The number of hydrogen-bond acceptors (Lipinski definition) is 2. The van der Waals surface area contributed by atoms with Crippen molar-refractivity contribution in [2.75, 3.05) is 6.54 Å². The molecule has 0 fully saturated rings. The van der Waals surface area contributed by atoms with Crippen LogP contribution in [0.4, 0.5) is 0 Å². The minimum absolute atomic E-state index is 0.500. The zero-order valence-electron chi connectivity index (χ0n) is 4.62. The van der Waals surface area contributed by atoms with Gasteiger partial charge in [-0.3, -0.25) is 4.99 Å². The Hall–Kier alpha value is -0.790. The maximum absolute atomic E-state index is 4.14. The molecular formula is C6H8N2. The third-order valence-electron chi connectivity index (χ3n) is 1.59. The molecule has 2 aliphatic heterocycles. The predicted octanol–water partition coefficient (Wildman–Crippen LogP) is 0.616. The van der Waals surface area contributed by atoms with Gasteiger partial charge in [-0.05, 0) is 12.3 Å². The molecule has 0 spiro atoms. The van der Waals surface area contributed by atoms with E-state index in [1.54, 1.807) is 0 Å². The summed E-state index contributed by atoms with van der Waals surface area (Å²) in [4.78, 5) is 6.38. The lowest BCUT2D eigenvalue weighted by atomic mass is 10.2. The van der Waals surface area contributed by atoms with Gasteiger partial charge in [0.25, 0.3) is 0 Å². The summed E-state index contributed by atoms with van der Waals surface area (Å²) >= 11 is 0. The van der Waals surface area contributed by atoms with Gasteiger partial charge < -0.3 is 4.90 Å². The standard InChI is InChI=1S/C6H8N2/c1-4-8(5-1)6-2-3-7-6/h1,3-4,6H,2,5H2. The van der Waals surface area contributed by atoms with E-state index in [0.717, 1.165) is 13.0 Å². The molecule has 0 aromatic rings. The van der Waals surface area contributed by atoms with Crippen LogP contribution in [0.15, 0.2) is 17.3 Å². The number of nitrogens with zero attached hydrogens (tertiary/aromatic N) is 2. The molecule has 2 aliphatic rings. The van der Waals surface area contributed by atoms with Crippen LogP contribution in [0.5, 0.6) is 0 Å². The summed E-state index contributed by atoms with van der Waals surface area (Å²) in [6, 6.07) is 0. The Morgan fingerprint density at radius 3 is 2.50 bits per heavy atom. The second-order valence-electron chi connectivity index (χ2n) is 2.13. The van der Waals surface area contributed by atoms with Crippen molar-refractivity contribution in [3.63, 3.8) is 0 Å². The lowest BCUT2D eigenvalue weighted by Crippen LogP contribution is -2.38. The highest BCUT2D eigenvalue weighted by Gasteiger charge is 2.19. The van der Waals surface area contributed by atoms with Crippen molar-refractivity contribution in [2.45, 2.75) is 12.6 Å². The van der Waals surface area contributed by atoms with Crippen LogP contribution >= 0.6 is 0 Å². The summed E-state index contributed by atoms with van der Waals surface area (Å²) in [5, 5.41) is 0. The molecule has 0 radical (unpaired) electrons. The summed E-state index contributed by atoms with van der Waals surface area (Å²) in [6.45, 7) is 1.10. The van der Waals surface area contributed by atoms with Gasteiger partial charge in [0, 0.05) is 19.2 Å². The summed E-state index contributed by atoms with van der Waals surface area (Å²) in [7, 11) is 0. The van der Waals surface area contributed by atoms with Crippen LogP contribution in [0.25, 0.3) is 0 Å². The summed E-state index contributed by atoms with van der Waals surface area (Å²) in [6.07, 6.45) is 7.86. The molecular weight excluding hydrogens is 100 g/mol. The lowest BCUT2D eigenvalue weighted by Gasteiger charge is -2.34. The van der Waals surface area contributed by atoms with Crippen molar-refractivity contribution in [3.05, 3.63) is 12.3 Å². The smallest absolute Gasteiger partial charge is 0.125 e. The van der Waals surface area contributed by atoms with Crippen molar-refractivity contribution < 1.29 is 0 Å². The zero-order valence-corrected chi connectivity index (χ0v) is 4.62. The van der Waals surface area contributed by atoms with Crippen molar-refractivity contribution >= 4 is 6.21 Å². The Kier molecular flexibility index (Phi) is 0.692. The highest BCUT2D eigenvalue weighted by molar-refractivity contribution is 5.64. The van der Waals surface area contributed by atoms with Crippen LogP contribution < -0.4 is 0 Å². The zero-order chi connectivity index (χ0) is 5.40. The Bertz CT molecular complexity index is 131. The molecule has 0 aliphatic carbocycles. The van der Waals surface area contributed by atoms with E-state index in [1.165, 1.54) is 0 Å². The molecule has 0 saturated carbocycles. The lowest BCUT2D eigenvalue weighted by molar-refractivity contribution is 0.272. The summed E-state index contributed by atoms with van der Waals surface area (Å²) in [5.74, 6) is 0. The summed E-state index contributed by atoms with van der Waals surface area (Å²) in [5.41, 5.74) is 0. The molecule has 2 heteroatoms. The van der Waals surface area contributed by atoms with Crippen molar-refractivity contribution in [3.8, 4) is 0 Å². The molecule has 2 rings (SSSR count). The first-order valence-electron chi connectivity index (χ1n) is 2.91. The number of rotatable bonds is 1. The van der Waals surface area contributed by atoms with E-state index in [-0.39, 0.29) is 0 Å². The second kappa shape index (κ2) is 1.34. The quantitative estimate of drug-likeness (QED) is 0.480. The Labute approximate surface area is 48.5 Å². The molecule has 8 heavy (non-hydrogen) atoms. The first-order chi connectivity index (χ1) is 3.97. The molecule has 1 unspecified atom stereocenters. The van der Waals surface area contributed by atoms with Gasteiger partial charge in [-0.15, -0.1) is 0 Å². The van der Waals surface area contributed by atoms with E-state index < -0.39 is 0 Å². The van der Waals surface area contributed by atoms with Gasteiger partial charge in [0.2, 0.25) is 0 Å². The van der Waals surface area contributed by atoms with Gasteiger partial charge in [0.15, 0.2) is 0 Å². The van der Waals surface area contributed by atoms with Crippen LogP contribution in [-0.4, -0.2) is 23.8 Å². The molecule has 42 valence electrons. The maximum Gasteiger partial charge on any atom is 0.125 e. The SMILES string of the molecule is C1=CN(C2CC=N2)C1. The Balaban J connectivity index is 1.98. The normalized spacial score (nSPS) is 32.0. The monoisotopic (exact) mass is 108 g/mol. The molecule has 0 aromatic carbocycles. The number of aliphatic imine (C=N–C) groups is 1. The average Bonchev–Trinajstić information content (AvgIpc) is 1.47. The van der Waals surface area contributed by atoms with Crippen LogP contribution in [0.1, 0.15) is 6.42 Å². The second-order valence-corrected chi connectivity index (χ2v) is 2.13. The molecule has 0 saturated heterocycles. The van der Waals surface area contributed by atoms with Gasteiger partial charge in [-0.1, -0.05) is 0 Å². The Morgan fingerprint density at radius 1 is 1.62 bits per heavy atom. The van der Waals surface area contributed by atoms with Crippen molar-refractivity contribution in [1.82, 2.24) is 4.90 Å². The fourth-order valence-corrected chi connectivity index (χ4v) is 0.869. The molecule has 0 aromatic heterocycles. The van der Waals surface area contributed by atoms with E-state index in [2.05, 4.69) is 22.2 Å². The molecule has 1 atom stereocenters. The molecule has 0 bridgehead atoms. The number of hydrogen-bond donors (Lipinski definition) is 0. The summed E-state index contributed by atoms with van der Waals surface area (Å²) < 4.78 is 0. The fraction of sp³-hybridized carbons (Fsp3) is 0.500. The first-order valence-corrected chi connectivity index (χ1v) is 2.91. The molecule has 0 amide bonds. The molecule has 2 nitrogen and oxygen atoms in total. The third kappa shape index (κ3) is 0.399. The molecule has 0 N–H and O–H groups in total. The highest BCUT2D eigenvalue weighted by Crippen LogP contribution is 2.16. The van der Waals surface area contributed by atoms with E-state index in [0.29, 0.717) is 6.17 Å². The van der Waals surface area contributed by atoms with Gasteiger partial charge in [0.1, 0.15) is 6.17 Å². The minimum atomic E-state index is 0.500. The van der Waals surface area contributed by atoms with Crippen LogP contribution in [-0.2, 0) is 0 Å². The van der Waals surface area contributed by atoms with Gasteiger partial charge >= 0.3 is 0 Å². The fourth-order valence-electron chi connectivity index (χ4n) is 0.869. The van der Waals surface area contributed by atoms with Crippen molar-refractivity contribution in [2.24, 2.45) is 4.99 Å². The van der Waals surface area contributed by atoms with Gasteiger partial charge in [-0.25, -0.2) is 0 Å². The Morgan fingerprint density at radius 2 is 2.38 bits per heavy atom. The van der Waals surface area contributed by atoms with E-state index in [1.807, 2.05) is 6.21 Å². The van der Waals surface area contributed by atoms with Crippen LogP contribution in [0.2, 0.25) is 0 Å². The first kappa shape index (κ1) is 4.13. The third-order valence-corrected chi connectivity index (χ3v) is 1.59. The average molecular weight is 108 g/mol. The highest BCUT2D eigenvalue weighted by atomic mass is 15.3. The van der Waals surface area contributed by atoms with Crippen LogP contribution in [0, 0.1) is 0 Å². The van der Waals surface area contributed by atoms with Gasteiger partial charge in [0.05, 0.1) is 0 Å². The van der Waals surface area contributed by atoms with E-state index in [4.69, 9.17) is 0 Å². The van der Waals surface area contributed by atoms with Crippen molar-refractivity contribution in [1.29, 1.82) is 0 Å².